The third-order valence-corrected chi connectivity index (χ3v) is 4.40. The summed E-state index contributed by atoms with van der Waals surface area (Å²) in [5, 5.41) is 3.97. The first-order valence-corrected chi connectivity index (χ1v) is 7.78. The standard InChI is InChI=1S/C17H16N2O5/c1-22-11-2-3-12-14(8-11)23-9-13-15(18-24-16(12)13)17(21)19-6-4-10(20)5-7-19/h2-3,8H,4-7,9H2,1H3. The second kappa shape index (κ2) is 5.67. The first-order valence-electron chi connectivity index (χ1n) is 7.78. The van der Waals surface area contributed by atoms with Gasteiger partial charge in [-0.3, -0.25) is 9.59 Å². The van der Waals surface area contributed by atoms with E-state index in [-0.39, 0.29) is 24.0 Å². The van der Waals surface area contributed by atoms with Crippen molar-refractivity contribution in [3.05, 3.63) is 29.5 Å². The number of hydrogen-bond donors (Lipinski definition) is 0. The average Bonchev–Trinajstić information content (AvgIpc) is 3.05. The lowest BCUT2D eigenvalue weighted by atomic mass is 10.0. The Labute approximate surface area is 138 Å². The first kappa shape index (κ1) is 14.7. The van der Waals surface area contributed by atoms with Gasteiger partial charge < -0.3 is 18.9 Å². The highest BCUT2D eigenvalue weighted by atomic mass is 16.5. The Hall–Kier alpha value is -2.83. The van der Waals surface area contributed by atoms with Gasteiger partial charge in [0.1, 0.15) is 23.9 Å². The van der Waals surface area contributed by atoms with E-state index in [0.717, 1.165) is 5.56 Å². The second-order valence-corrected chi connectivity index (χ2v) is 5.82. The summed E-state index contributed by atoms with van der Waals surface area (Å²) in [4.78, 5) is 25.6. The summed E-state index contributed by atoms with van der Waals surface area (Å²) < 4.78 is 16.4. The quantitative estimate of drug-likeness (QED) is 0.839. The summed E-state index contributed by atoms with van der Waals surface area (Å²) in [7, 11) is 1.59. The van der Waals surface area contributed by atoms with E-state index < -0.39 is 0 Å². The molecule has 0 aliphatic carbocycles. The van der Waals surface area contributed by atoms with Crippen LogP contribution in [0.15, 0.2) is 22.7 Å². The van der Waals surface area contributed by atoms with Gasteiger partial charge in [0.15, 0.2) is 11.5 Å². The van der Waals surface area contributed by atoms with Crippen molar-refractivity contribution < 1.29 is 23.6 Å². The van der Waals surface area contributed by atoms with Crippen LogP contribution in [-0.4, -0.2) is 41.9 Å². The Morgan fingerprint density at radius 1 is 1.29 bits per heavy atom. The summed E-state index contributed by atoms with van der Waals surface area (Å²) in [6.07, 6.45) is 0.788. The molecule has 24 heavy (non-hydrogen) atoms. The molecule has 0 N–H and O–H groups in total. The maximum absolute atomic E-state index is 12.7. The summed E-state index contributed by atoms with van der Waals surface area (Å²) in [6.45, 7) is 1.06. The van der Waals surface area contributed by atoms with Crippen LogP contribution in [0.25, 0.3) is 11.3 Å². The van der Waals surface area contributed by atoms with E-state index >= 15 is 0 Å². The van der Waals surface area contributed by atoms with Crippen LogP contribution in [0.5, 0.6) is 11.5 Å². The lowest BCUT2D eigenvalue weighted by Crippen LogP contribution is -2.39. The molecule has 0 spiro atoms. The zero-order valence-corrected chi connectivity index (χ0v) is 13.2. The maximum Gasteiger partial charge on any atom is 0.276 e. The highest BCUT2D eigenvalue weighted by molar-refractivity contribution is 5.96. The molecule has 1 aromatic carbocycles. The van der Waals surface area contributed by atoms with Crippen molar-refractivity contribution in [3.63, 3.8) is 0 Å². The van der Waals surface area contributed by atoms with Crippen LogP contribution in [0.3, 0.4) is 0 Å². The molecule has 7 nitrogen and oxygen atoms in total. The fourth-order valence-electron chi connectivity index (χ4n) is 3.02. The Balaban J connectivity index is 1.66. The van der Waals surface area contributed by atoms with Crippen molar-refractivity contribution >= 4 is 11.7 Å². The van der Waals surface area contributed by atoms with Gasteiger partial charge in [-0.25, -0.2) is 0 Å². The topological polar surface area (TPSA) is 81.9 Å². The smallest absolute Gasteiger partial charge is 0.276 e. The molecule has 3 heterocycles. The summed E-state index contributed by atoms with van der Waals surface area (Å²) in [6, 6.07) is 5.40. The molecular formula is C17H16N2O5. The van der Waals surface area contributed by atoms with Crippen molar-refractivity contribution in [2.75, 3.05) is 20.2 Å². The molecule has 1 fully saturated rings. The van der Waals surface area contributed by atoms with E-state index in [1.165, 1.54) is 0 Å². The van der Waals surface area contributed by atoms with Crippen LogP contribution in [-0.2, 0) is 11.4 Å². The molecule has 0 unspecified atom stereocenters. The number of methoxy groups -OCH3 is 1. The average molecular weight is 328 g/mol. The molecule has 0 radical (unpaired) electrons. The SMILES string of the molecule is COc1ccc2c(c1)OCc1c(C(=O)N3CCC(=O)CC3)noc1-2. The van der Waals surface area contributed by atoms with Crippen molar-refractivity contribution in [1.29, 1.82) is 0 Å². The maximum atomic E-state index is 12.7. The van der Waals surface area contributed by atoms with E-state index in [1.807, 2.05) is 6.07 Å². The highest BCUT2D eigenvalue weighted by Gasteiger charge is 2.32. The van der Waals surface area contributed by atoms with Crippen LogP contribution < -0.4 is 9.47 Å². The number of ketones is 1. The minimum atomic E-state index is -0.215. The number of carbonyl (C=O) groups is 2. The Morgan fingerprint density at radius 2 is 2.08 bits per heavy atom. The van der Waals surface area contributed by atoms with Gasteiger partial charge in [-0.1, -0.05) is 5.16 Å². The fraction of sp³-hybridized carbons (Fsp3) is 0.353. The lowest BCUT2D eigenvalue weighted by Gasteiger charge is -2.25. The van der Waals surface area contributed by atoms with E-state index in [1.54, 1.807) is 24.1 Å². The Kier molecular flexibility index (Phi) is 3.48. The molecule has 4 rings (SSSR count). The number of rotatable bonds is 2. The van der Waals surface area contributed by atoms with Gasteiger partial charge in [0.25, 0.3) is 5.91 Å². The highest BCUT2D eigenvalue weighted by Crippen LogP contribution is 2.40. The van der Waals surface area contributed by atoms with Crippen LogP contribution in [0.1, 0.15) is 28.9 Å². The molecule has 7 heteroatoms. The number of piperidine rings is 1. The number of carbonyl (C=O) groups excluding carboxylic acids is 2. The Bertz CT molecular complexity index is 816. The number of amides is 1. The predicted octanol–water partition coefficient (Wildman–Crippen LogP) is 2.05. The van der Waals surface area contributed by atoms with Gasteiger partial charge >= 0.3 is 0 Å². The van der Waals surface area contributed by atoms with Gasteiger partial charge in [0.05, 0.1) is 18.2 Å². The van der Waals surface area contributed by atoms with Gasteiger partial charge in [-0.15, -0.1) is 0 Å². The number of hydrogen-bond acceptors (Lipinski definition) is 6. The van der Waals surface area contributed by atoms with Crippen molar-refractivity contribution in [3.8, 4) is 22.8 Å². The number of Topliss-reactive ketones (excluding diaryl/α,β-unsaturated/α-hetero) is 1. The number of fused-ring (bicyclic) bond motifs is 3. The van der Waals surface area contributed by atoms with Crippen molar-refractivity contribution in [1.82, 2.24) is 10.1 Å². The molecule has 0 saturated carbocycles. The van der Waals surface area contributed by atoms with Crippen molar-refractivity contribution in [2.45, 2.75) is 19.4 Å². The second-order valence-electron chi connectivity index (χ2n) is 5.82. The molecule has 1 aromatic heterocycles. The van der Waals surface area contributed by atoms with E-state index in [0.29, 0.717) is 48.8 Å². The van der Waals surface area contributed by atoms with Gasteiger partial charge in [-0.2, -0.15) is 0 Å². The molecule has 124 valence electrons. The Morgan fingerprint density at radius 3 is 2.83 bits per heavy atom. The number of ether oxygens (including phenoxy) is 2. The minimum absolute atomic E-state index is 0.187. The summed E-state index contributed by atoms with van der Waals surface area (Å²) in [5.41, 5.74) is 1.66. The molecule has 1 amide bonds. The van der Waals surface area contributed by atoms with Gasteiger partial charge in [-0.05, 0) is 12.1 Å². The fourth-order valence-corrected chi connectivity index (χ4v) is 3.02. The minimum Gasteiger partial charge on any atom is -0.497 e. The van der Waals surface area contributed by atoms with Crippen LogP contribution in [0.4, 0.5) is 0 Å². The summed E-state index contributed by atoms with van der Waals surface area (Å²) >= 11 is 0. The third kappa shape index (κ3) is 2.33. The van der Waals surface area contributed by atoms with Gasteiger partial charge in [0.2, 0.25) is 0 Å². The zero-order chi connectivity index (χ0) is 16.7. The van der Waals surface area contributed by atoms with Crippen LogP contribution >= 0.6 is 0 Å². The number of benzene rings is 1. The molecular weight excluding hydrogens is 312 g/mol. The predicted molar refractivity (Wildman–Crippen MR) is 83.0 cm³/mol. The number of aromatic nitrogens is 1. The third-order valence-electron chi connectivity index (χ3n) is 4.40. The zero-order valence-electron chi connectivity index (χ0n) is 13.2. The molecule has 0 atom stereocenters. The molecule has 0 bridgehead atoms. The largest absolute Gasteiger partial charge is 0.497 e. The van der Waals surface area contributed by atoms with Gasteiger partial charge in [0, 0.05) is 32.0 Å². The van der Waals surface area contributed by atoms with Crippen LogP contribution in [0, 0.1) is 0 Å². The summed E-state index contributed by atoms with van der Waals surface area (Å²) in [5.74, 6) is 1.85. The van der Waals surface area contributed by atoms with E-state index in [2.05, 4.69) is 5.16 Å². The lowest BCUT2D eigenvalue weighted by molar-refractivity contribution is -0.120. The normalized spacial score (nSPS) is 16.2. The van der Waals surface area contributed by atoms with Crippen molar-refractivity contribution in [2.24, 2.45) is 0 Å². The molecule has 2 aliphatic heterocycles. The van der Waals surface area contributed by atoms with E-state index in [4.69, 9.17) is 14.0 Å². The van der Waals surface area contributed by atoms with E-state index in [9.17, 15) is 9.59 Å². The first-order chi connectivity index (χ1) is 11.7. The monoisotopic (exact) mass is 328 g/mol. The molecule has 2 aromatic rings. The van der Waals surface area contributed by atoms with Crippen LogP contribution in [0.2, 0.25) is 0 Å². The number of nitrogens with zero attached hydrogens (tertiary/aromatic N) is 2. The molecule has 2 aliphatic rings. The molecule has 1 saturated heterocycles. The number of likely N-dealkylation sites (tertiary alicyclic amines) is 1.